The van der Waals surface area contributed by atoms with E-state index in [1.54, 1.807) is 11.3 Å². The van der Waals surface area contributed by atoms with Crippen molar-refractivity contribution in [2.24, 2.45) is 0 Å². The Kier molecular flexibility index (Phi) is 4.43. The first-order valence-electron chi connectivity index (χ1n) is 15.2. The van der Waals surface area contributed by atoms with Gasteiger partial charge in [-0.3, -0.25) is 4.57 Å². The smallest absolute Gasteiger partial charge is 0.162 e. The predicted octanol–water partition coefficient (Wildman–Crippen LogP) is 10.8. The van der Waals surface area contributed by atoms with E-state index in [9.17, 15) is 0 Å². The molecule has 0 spiro atoms. The molecule has 0 saturated heterocycles. The van der Waals surface area contributed by atoms with Crippen LogP contribution in [0.15, 0.2) is 133 Å². The molecule has 0 bridgehead atoms. The molecule has 0 fully saturated rings. The quantitative estimate of drug-likeness (QED) is 0.201. The standard InChI is InChI=1S/C40H22N4S/c1-2-12-23(13-3-1)39-41-35-27-17-7-11-21-33(27)45-38(35)40(42-39)44-31-19-9-5-15-25(31)29-22-28-24-14-4-8-18-30(24)43-32-20-10-6-16-26(32)34(36(28)43)37(29)44/h1-22H. The summed E-state index contributed by atoms with van der Waals surface area (Å²) in [7, 11) is 0. The van der Waals surface area contributed by atoms with Crippen molar-refractivity contribution >= 4 is 91.5 Å². The van der Waals surface area contributed by atoms with Gasteiger partial charge in [0.15, 0.2) is 11.6 Å². The molecule has 5 heteroatoms. The van der Waals surface area contributed by atoms with Crippen LogP contribution in [0.4, 0.5) is 0 Å². The third kappa shape index (κ3) is 2.96. The molecule has 5 heterocycles. The van der Waals surface area contributed by atoms with Crippen LogP contribution in [-0.4, -0.2) is 18.9 Å². The van der Waals surface area contributed by atoms with Crippen LogP contribution in [0.3, 0.4) is 0 Å². The highest BCUT2D eigenvalue weighted by Crippen LogP contribution is 2.47. The highest BCUT2D eigenvalue weighted by atomic mass is 32.1. The van der Waals surface area contributed by atoms with E-state index in [-0.39, 0.29) is 0 Å². The largest absolute Gasteiger partial charge is 0.308 e. The Hall–Kier alpha value is -5.78. The van der Waals surface area contributed by atoms with Crippen molar-refractivity contribution in [2.75, 3.05) is 0 Å². The van der Waals surface area contributed by atoms with Crippen molar-refractivity contribution in [3.05, 3.63) is 133 Å². The first kappa shape index (κ1) is 23.6. The fourth-order valence-electron chi connectivity index (χ4n) is 7.62. The Bertz CT molecular complexity index is 2980. The second-order valence-electron chi connectivity index (χ2n) is 11.8. The molecule has 0 N–H and O–H groups in total. The zero-order chi connectivity index (χ0) is 29.2. The number of nitrogens with zero attached hydrogens (tertiary/aromatic N) is 4. The van der Waals surface area contributed by atoms with Crippen LogP contribution in [-0.2, 0) is 0 Å². The Morgan fingerprint density at radius 2 is 1.09 bits per heavy atom. The van der Waals surface area contributed by atoms with Crippen LogP contribution in [0, 0.1) is 0 Å². The van der Waals surface area contributed by atoms with Gasteiger partial charge in [0.1, 0.15) is 0 Å². The summed E-state index contributed by atoms with van der Waals surface area (Å²) < 4.78 is 7.19. The summed E-state index contributed by atoms with van der Waals surface area (Å²) in [5.74, 6) is 1.66. The maximum absolute atomic E-state index is 5.44. The van der Waals surface area contributed by atoms with Gasteiger partial charge >= 0.3 is 0 Å². The van der Waals surface area contributed by atoms with Crippen molar-refractivity contribution in [3.63, 3.8) is 0 Å². The number of fused-ring (bicyclic) bond motifs is 13. The average Bonchev–Trinajstić information content (AvgIpc) is 3.83. The SMILES string of the molecule is c1ccc(-c2nc(-n3c4ccccc4c4cc5c6ccccc6n6c7ccccc7c(c43)c56)c3sc4ccccc4c3n2)cc1. The van der Waals surface area contributed by atoms with Crippen molar-refractivity contribution in [2.45, 2.75) is 0 Å². The lowest BCUT2D eigenvalue weighted by molar-refractivity contribution is 1.08. The third-order valence-electron chi connectivity index (χ3n) is 9.45. The summed E-state index contributed by atoms with van der Waals surface area (Å²) in [6.45, 7) is 0. The molecule has 11 rings (SSSR count). The lowest BCUT2D eigenvalue weighted by Crippen LogP contribution is -2.01. The van der Waals surface area contributed by atoms with Crippen molar-refractivity contribution in [3.8, 4) is 17.2 Å². The van der Waals surface area contributed by atoms with E-state index in [2.05, 4.69) is 136 Å². The molecule has 0 aliphatic carbocycles. The molecule has 4 nitrogen and oxygen atoms in total. The summed E-state index contributed by atoms with van der Waals surface area (Å²) in [5.41, 5.74) is 8.07. The van der Waals surface area contributed by atoms with Crippen LogP contribution >= 0.6 is 11.3 Å². The van der Waals surface area contributed by atoms with Crippen LogP contribution in [0.5, 0.6) is 0 Å². The summed E-state index contributed by atoms with van der Waals surface area (Å²) in [6.07, 6.45) is 0. The maximum Gasteiger partial charge on any atom is 0.162 e. The van der Waals surface area contributed by atoms with Gasteiger partial charge in [-0.05, 0) is 30.3 Å². The Morgan fingerprint density at radius 1 is 0.489 bits per heavy atom. The molecule has 0 aliphatic heterocycles. The van der Waals surface area contributed by atoms with Crippen LogP contribution in [0.2, 0.25) is 0 Å². The van der Waals surface area contributed by atoms with Gasteiger partial charge in [-0.2, -0.15) is 0 Å². The Labute approximate surface area is 260 Å². The number of hydrogen-bond donors (Lipinski definition) is 0. The summed E-state index contributed by atoms with van der Waals surface area (Å²) in [4.78, 5) is 10.6. The van der Waals surface area contributed by atoms with Gasteiger partial charge in [-0.25, -0.2) is 9.97 Å². The predicted molar refractivity (Wildman–Crippen MR) is 189 cm³/mol. The van der Waals surface area contributed by atoms with E-state index < -0.39 is 0 Å². The Balaban J connectivity index is 1.43. The van der Waals surface area contributed by atoms with E-state index >= 15 is 0 Å². The number of thiophene rings is 1. The molecule has 0 saturated carbocycles. The topological polar surface area (TPSA) is 35.1 Å². The van der Waals surface area contributed by atoms with Gasteiger partial charge < -0.3 is 4.40 Å². The minimum atomic E-state index is 0.736. The van der Waals surface area contributed by atoms with E-state index in [1.165, 1.54) is 59.1 Å². The molecule has 0 radical (unpaired) electrons. The molecule has 11 aromatic rings. The molecule has 0 atom stereocenters. The number of hydrogen-bond acceptors (Lipinski definition) is 3. The zero-order valence-electron chi connectivity index (χ0n) is 23.9. The summed E-state index contributed by atoms with van der Waals surface area (Å²) in [6, 6.07) is 47.8. The third-order valence-corrected chi connectivity index (χ3v) is 10.6. The highest BCUT2D eigenvalue weighted by Gasteiger charge is 2.26. The molecular formula is C40H22N4S. The second-order valence-corrected chi connectivity index (χ2v) is 12.8. The monoisotopic (exact) mass is 590 g/mol. The van der Waals surface area contributed by atoms with E-state index in [4.69, 9.17) is 9.97 Å². The van der Waals surface area contributed by atoms with Gasteiger partial charge in [-0.15, -0.1) is 11.3 Å². The van der Waals surface area contributed by atoms with E-state index in [1.807, 2.05) is 6.07 Å². The first-order chi connectivity index (χ1) is 22.3. The molecular weight excluding hydrogens is 569 g/mol. The van der Waals surface area contributed by atoms with Crippen molar-refractivity contribution in [1.29, 1.82) is 0 Å². The van der Waals surface area contributed by atoms with Gasteiger partial charge in [0.25, 0.3) is 0 Å². The van der Waals surface area contributed by atoms with Crippen molar-refractivity contribution < 1.29 is 0 Å². The van der Waals surface area contributed by atoms with Crippen LogP contribution in [0.1, 0.15) is 0 Å². The van der Waals surface area contributed by atoms with E-state index in [0.717, 1.165) is 38.3 Å². The lowest BCUT2D eigenvalue weighted by Gasteiger charge is -2.11. The number of aromatic nitrogens is 4. The fourth-order valence-corrected chi connectivity index (χ4v) is 8.74. The van der Waals surface area contributed by atoms with Gasteiger partial charge in [0, 0.05) is 48.0 Å². The second kappa shape index (κ2) is 8.44. The number of benzene rings is 6. The molecule has 0 amide bonds. The molecule has 6 aromatic carbocycles. The number of rotatable bonds is 2. The molecule has 0 unspecified atom stereocenters. The maximum atomic E-state index is 5.44. The van der Waals surface area contributed by atoms with Crippen molar-refractivity contribution in [1.82, 2.24) is 18.9 Å². The van der Waals surface area contributed by atoms with Crippen LogP contribution in [0.25, 0.3) is 97.4 Å². The normalized spacial score (nSPS) is 12.4. The first-order valence-corrected chi connectivity index (χ1v) is 16.0. The average molecular weight is 591 g/mol. The fraction of sp³-hybridized carbons (Fsp3) is 0. The zero-order valence-corrected chi connectivity index (χ0v) is 24.7. The summed E-state index contributed by atoms with van der Waals surface area (Å²) >= 11 is 1.78. The lowest BCUT2D eigenvalue weighted by atomic mass is 10.0. The minimum absolute atomic E-state index is 0.736. The Morgan fingerprint density at radius 3 is 1.89 bits per heavy atom. The van der Waals surface area contributed by atoms with Crippen LogP contribution < -0.4 is 0 Å². The molecule has 5 aromatic heterocycles. The number of para-hydroxylation sites is 3. The molecule has 0 aliphatic rings. The molecule has 45 heavy (non-hydrogen) atoms. The van der Waals surface area contributed by atoms with Gasteiger partial charge in [0.2, 0.25) is 0 Å². The van der Waals surface area contributed by atoms with Gasteiger partial charge in [0.05, 0.1) is 37.8 Å². The highest BCUT2D eigenvalue weighted by molar-refractivity contribution is 7.26. The molecule has 208 valence electrons. The summed E-state index contributed by atoms with van der Waals surface area (Å²) in [5, 5.41) is 8.70. The van der Waals surface area contributed by atoms with E-state index in [0.29, 0.717) is 0 Å². The van der Waals surface area contributed by atoms with Gasteiger partial charge in [-0.1, -0.05) is 103 Å². The minimum Gasteiger partial charge on any atom is -0.308 e.